The molecule has 0 aliphatic rings. The van der Waals surface area contributed by atoms with Crippen LogP contribution in [0.3, 0.4) is 0 Å². The lowest BCUT2D eigenvalue weighted by molar-refractivity contribution is -0.384. The van der Waals surface area contributed by atoms with Gasteiger partial charge in [-0.25, -0.2) is 0 Å². The van der Waals surface area contributed by atoms with Gasteiger partial charge in [0.15, 0.2) is 0 Å². The summed E-state index contributed by atoms with van der Waals surface area (Å²) in [5, 5.41) is 11.2. The molecule has 0 aromatic heterocycles. The number of hydrogen-bond donors (Lipinski definition) is 0. The first-order valence-electron chi connectivity index (χ1n) is 6.27. The summed E-state index contributed by atoms with van der Waals surface area (Å²) in [6.07, 6.45) is -4.45. The fraction of sp³-hybridized carbons (Fsp3) is 0.200. The van der Waals surface area contributed by atoms with Crippen LogP contribution in [-0.2, 0) is 17.5 Å². The summed E-state index contributed by atoms with van der Waals surface area (Å²) in [6, 6.07) is 8.73. The van der Waals surface area contributed by atoms with Crippen molar-refractivity contribution in [3.63, 3.8) is 0 Å². The lowest BCUT2D eigenvalue weighted by atomic mass is 9.97. The Morgan fingerprint density at radius 3 is 2.27 bits per heavy atom. The molecule has 0 atom stereocenters. The predicted octanol–water partition coefficient (Wildman–Crippen LogP) is 4.43. The molecule has 2 rings (SSSR count). The number of alkyl halides is 3. The highest BCUT2D eigenvalue weighted by molar-refractivity contribution is 5.77. The molecule has 0 aliphatic carbocycles. The number of methoxy groups -OCH3 is 1. The zero-order valence-electron chi connectivity index (χ0n) is 11.6. The Kier molecular flexibility index (Phi) is 4.46. The van der Waals surface area contributed by atoms with Gasteiger partial charge < -0.3 is 4.74 Å². The SMILES string of the molecule is COCc1cccc([N+](=O)[O-])c1-c1ccc(C(F)(F)F)cc1. The second kappa shape index (κ2) is 6.15. The summed E-state index contributed by atoms with van der Waals surface area (Å²) in [5.41, 5.74) is 0.171. The Morgan fingerprint density at radius 1 is 1.14 bits per heavy atom. The topological polar surface area (TPSA) is 52.4 Å². The van der Waals surface area contributed by atoms with E-state index in [2.05, 4.69) is 0 Å². The van der Waals surface area contributed by atoms with Crippen LogP contribution in [0.5, 0.6) is 0 Å². The van der Waals surface area contributed by atoms with Crippen molar-refractivity contribution in [2.45, 2.75) is 12.8 Å². The molecule has 0 bridgehead atoms. The molecule has 4 nitrogen and oxygen atoms in total. The van der Waals surface area contributed by atoms with Crippen LogP contribution in [-0.4, -0.2) is 12.0 Å². The van der Waals surface area contributed by atoms with E-state index in [9.17, 15) is 23.3 Å². The maximum atomic E-state index is 12.6. The highest BCUT2D eigenvalue weighted by atomic mass is 19.4. The highest BCUT2D eigenvalue weighted by Gasteiger charge is 2.30. The minimum Gasteiger partial charge on any atom is -0.380 e. The van der Waals surface area contributed by atoms with E-state index in [1.165, 1.54) is 31.4 Å². The molecule has 0 saturated heterocycles. The van der Waals surface area contributed by atoms with Gasteiger partial charge in [0, 0.05) is 13.2 Å². The molecule has 0 radical (unpaired) electrons. The van der Waals surface area contributed by atoms with E-state index in [0.717, 1.165) is 12.1 Å². The first-order chi connectivity index (χ1) is 10.3. The van der Waals surface area contributed by atoms with Crippen LogP contribution < -0.4 is 0 Å². The third-order valence-electron chi connectivity index (χ3n) is 3.13. The molecule has 116 valence electrons. The van der Waals surface area contributed by atoms with Gasteiger partial charge in [0.25, 0.3) is 5.69 Å². The molecule has 2 aromatic carbocycles. The summed E-state index contributed by atoms with van der Waals surface area (Å²) >= 11 is 0. The average Bonchev–Trinajstić information content (AvgIpc) is 2.46. The van der Waals surface area contributed by atoms with Gasteiger partial charge in [-0.05, 0) is 23.3 Å². The van der Waals surface area contributed by atoms with Crippen molar-refractivity contribution < 1.29 is 22.8 Å². The zero-order valence-corrected chi connectivity index (χ0v) is 11.6. The van der Waals surface area contributed by atoms with Gasteiger partial charge in [-0.15, -0.1) is 0 Å². The maximum Gasteiger partial charge on any atom is 0.416 e. The van der Waals surface area contributed by atoms with E-state index in [4.69, 9.17) is 4.74 Å². The molecule has 0 saturated carbocycles. The lowest BCUT2D eigenvalue weighted by Gasteiger charge is -2.11. The van der Waals surface area contributed by atoms with E-state index < -0.39 is 16.7 Å². The van der Waals surface area contributed by atoms with E-state index in [1.807, 2.05) is 0 Å². The van der Waals surface area contributed by atoms with Crippen molar-refractivity contribution in [3.05, 3.63) is 63.7 Å². The number of halogens is 3. The van der Waals surface area contributed by atoms with Gasteiger partial charge in [-0.1, -0.05) is 24.3 Å². The van der Waals surface area contributed by atoms with Crippen LogP contribution >= 0.6 is 0 Å². The van der Waals surface area contributed by atoms with Gasteiger partial charge in [-0.3, -0.25) is 10.1 Å². The summed E-state index contributed by atoms with van der Waals surface area (Å²) in [6.45, 7) is 0.123. The monoisotopic (exact) mass is 311 g/mol. The summed E-state index contributed by atoms with van der Waals surface area (Å²) < 4.78 is 42.8. The number of benzene rings is 2. The smallest absolute Gasteiger partial charge is 0.380 e. The second-order valence-corrected chi connectivity index (χ2v) is 4.58. The number of nitrogens with zero attached hydrogens (tertiary/aromatic N) is 1. The Labute approximate surface area is 124 Å². The van der Waals surface area contributed by atoms with Crippen molar-refractivity contribution >= 4 is 5.69 Å². The largest absolute Gasteiger partial charge is 0.416 e. The first-order valence-corrected chi connectivity index (χ1v) is 6.27. The van der Waals surface area contributed by atoms with Crippen molar-refractivity contribution in [2.75, 3.05) is 7.11 Å². The molecular weight excluding hydrogens is 299 g/mol. The summed E-state index contributed by atoms with van der Waals surface area (Å²) in [4.78, 5) is 10.6. The van der Waals surface area contributed by atoms with Crippen LogP contribution in [0.4, 0.5) is 18.9 Å². The molecule has 0 amide bonds. The number of rotatable bonds is 4. The maximum absolute atomic E-state index is 12.6. The van der Waals surface area contributed by atoms with E-state index >= 15 is 0 Å². The molecule has 0 heterocycles. The molecule has 0 spiro atoms. The Bertz CT molecular complexity index is 681. The minimum absolute atomic E-state index is 0.123. The number of nitro benzene ring substituents is 1. The molecule has 22 heavy (non-hydrogen) atoms. The molecule has 0 aliphatic heterocycles. The molecule has 7 heteroatoms. The first kappa shape index (κ1) is 16.0. The highest BCUT2D eigenvalue weighted by Crippen LogP contribution is 2.36. The van der Waals surface area contributed by atoms with Crippen molar-refractivity contribution in [3.8, 4) is 11.1 Å². The van der Waals surface area contributed by atoms with Gasteiger partial charge in [0.05, 0.1) is 22.7 Å². The number of ether oxygens (including phenoxy) is 1. The standard InChI is InChI=1S/C15H12F3NO3/c1-22-9-11-3-2-4-13(19(20)21)14(11)10-5-7-12(8-6-10)15(16,17)18/h2-8H,9H2,1H3. The lowest BCUT2D eigenvalue weighted by Crippen LogP contribution is -2.04. The Morgan fingerprint density at radius 2 is 1.77 bits per heavy atom. The number of nitro groups is 1. The van der Waals surface area contributed by atoms with E-state index in [0.29, 0.717) is 11.1 Å². The van der Waals surface area contributed by atoms with Crippen LogP contribution in [0.2, 0.25) is 0 Å². The predicted molar refractivity (Wildman–Crippen MR) is 74.2 cm³/mol. The third kappa shape index (κ3) is 3.25. The van der Waals surface area contributed by atoms with Crippen molar-refractivity contribution in [1.82, 2.24) is 0 Å². The summed E-state index contributed by atoms with van der Waals surface area (Å²) in [5.74, 6) is 0. The summed E-state index contributed by atoms with van der Waals surface area (Å²) in [7, 11) is 1.44. The fourth-order valence-electron chi connectivity index (χ4n) is 2.17. The molecule has 0 fully saturated rings. The zero-order chi connectivity index (χ0) is 16.3. The second-order valence-electron chi connectivity index (χ2n) is 4.58. The van der Waals surface area contributed by atoms with Crippen LogP contribution in [0.1, 0.15) is 11.1 Å². The quantitative estimate of drug-likeness (QED) is 0.620. The van der Waals surface area contributed by atoms with Gasteiger partial charge >= 0.3 is 6.18 Å². The van der Waals surface area contributed by atoms with Crippen LogP contribution in [0, 0.1) is 10.1 Å². The Hall–Kier alpha value is -2.41. The number of hydrogen-bond acceptors (Lipinski definition) is 3. The third-order valence-corrected chi connectivity index (χ3v) is 3.13. The van der Waals surface area contributed by atoms with Crippen LogP contribution in [0.25, 0.3) is 11.1 Å². The molecular formula is C15H12F3NO3. The molecule has 0 unspecified atom stereocenters. The Balaban J connectivity index is 2.57. The van der Waals surface area contributed by atoms with Crippen LogP contribution in [0.15, 0.2) is 42.5 Å². The molecule has 2 aromatic rings. The fourth-order valence-corrected chi connectivity index (χ4v) is 2.17. The normalized spacial score (nSPS) is 11.5. The van der Waals surface area contributed by atoms with E-state index in [1.54, 1.807) is 6.07 Å². The van der Waals surface area contributed by atoms with E-state index in [-0.39, 0.29) is 17.9 Å². The average molecular weight is 311 g/mol. The molecule has 0 N–H and O–H groups in total. The van der Waals surface area contributed by atoms with Gasteiger partial charge in [-0.2, -0.15) is 13.2 Å². The minimum atomic E-state index is -4.45. The van der Waals surface area contributed by atoms with Crippen molar-refractivity contribution in [2.24, 2.45) is 0 Å². The van der Waals surface area contributed by atoms with Gasteiger partial charge in [0.2, 0.25) is 0 Å². The van der Waals surface area contributed by atoms with Crippen molar-refractivity contribution in [1.29, 1.82) is 0 Å². The van der Waals surface area contributed by atoms with Gasteiger partial charge in [0.1, 0.15) is 0 Å².